The molecule has 0 heterocycles. The van der Waals surface area contributed by atoms with Gasteiger partial charge in [-0.25, -0.2) is 0 Å². The number of anilines is 1. The van der Waals surface area contributed by atoms with Crippen LogP contribution in [0.25, 0.3) is 0 Å². The van der Waals surface area contributed by atoms with Gasteiger partial charge in [-0.1, -0.05) is 12.1 Å². The van der Waals surface area contributed by atoms with Crippen LogP contribution in [0.5, 0.6) is 0 Å². The lowest BCUT2D eigenvalue weighted by atomic mass is 10.2. The number of hydrogen-bond donors (Lipinski definition) is 0. The van der Waals surface area contributed by atoms with E-state index in [1.54, 1.807) is 0 Å². The van der Waals surface area contributed by atoms with Crippen LogP contribution in [0.15, 0.2) is 24.3 Å². The summed E-state index contributed by atoms with van der Waals surface area (Å²) in [5.74, 6) is 0.591. The van der Waals surface area contributed by atoms with Gasteiger partial charge in [-0.05, 0) is 17.7 Å². The largest absolute Gasteiger partial charge is 0.378 e. The molecule has 0 spiro atoms. The minimum Gasteiger partial charge on any atom is -0.378 e. The summed E-state index contributed by atoms with van der Waals surface area (Å²) in [5.41, 5.74) is 2.37. The van der Waals surface area contributed by atoms with Crippen molar-refractivity contribution in [1.29, 1.82) is 0 Å². The van der Waals surface area contributed by atoms with Crippen LogP contribution >= 0.6 is 24.0 Å². The molecule has 0 unspecified atom stereocenters. The summed E-state index contributed by atoms with van der Waals surface area (Å²) in [4.78, 5) is 2.07. The van der Waals surface area contributed by atoms with Crippen molar-refractivity contribution in [3.63, 3.8) is 0 Å². The standard InChI is InChI=1S/C9H12ClN.ClH/c1-11(2)9-5-3-8(7-10)4-6-9;/h3-6H,7H2,1-2H3;1H. The van der Waals surface area contributed by atoms with E-state index in [0.29, 0.717) is 5.88 Å². The maximum Gasteiger partial charge on any atom is 0.0474 e. The Morgan fingerprint density at radius 2 is 1.67 bits per heavy atom. The van der Waals surface area contributed by atoms with Gasteiger partial charge in [0.15, 0.2) is 0 Å². The first kappa shape index (κ1) is 11.6. The number of rotatable bonds is 2. The highest BCUT2D eigenvalue weighted by atomic mass is 35.5. The molecule has 1 aromatic carbocycles. The first-order chi connectivity index (χ1) is 5.24. The maximum atomic E-state index is 5.65. The number of benzene rings is 1. The smallest absolute Gasteiger partial charge is 0.0474 e. The van der Waals surface area contributed by atoms with E-state index in [9.17, 15) is 0 Å². The van der Waals surface area contributed by atoms with Gasteiger partial charge in [0.25, 0.3) is 0 Å². The monoisotopic (exact) mass is 205 g/mol. The van der Waals surface area contributed by atoms with Crippen molar-refractivity contribution in [2.24, 2.45) is 0 Å². The molecule has 0 saturated carbocycles. The Kier molecular flexibility index (Phi) is 5.11. The third-order valence-electron chi connectivity index (χ3n) is 1.61. The van der Waals surface area contributed by atoms with Crippen LogP contribution in [0.1, 0.15) is 5.56 Å². The molecule has 0 radical (unpaired) electrons. The second-order valence-corrected chi connectivity index (χ2v) is 2.96. The highest BCUT2D eigenvalue weighted by molar-refractivity contribution is 6.17. The quantitative estimate of drug-likeness (QED) is 0.672. The zero-order valence-electron chi connectivity index (χ0n) is 7.25. The molecule has 12 heavy (non-hydrogen) atoms. The van der Waals surface area contributed by atoms with Crippen LogP contribution < -0.4 is 4.90 Å². The lowest BCUT2D eigenvalue weighted by Gasteiger charge is -2.11. The van der Waals surface area contributed by atoms with E-state index < -0.39 is 0 Å². The molecule has 0 aromatic heterocycles. The molecular formula is C9H13Cl2N. The Morgan fingerprint density at radius 1 is 1.17 bits per heavy atom. The van der Waals surface area contributed by atoms with Crippen LogP contribution in [0.3, 0.4) is 0 Å². The fourth-order valence-electron chi connectivity index (χ4n) is 0.883. The minimum absolute atomic E-state index is 0. The zero-order valence-corrected chi connectivity index (χ0v) is 8.82. The Morgan fingerprint density at radius 3 is 2.00 bits per heavy atom. The van der Waals surface area contributed by atoms with Gasteiger partial charge in [0.05, 0.1) is 0 Å². The minimum atomic E-state index is 0. The van der Waals surface area contributed by atoms with Gasteiger partial charge in [-0.2, -0.15) is 0 Å². The lowest BCUT2D eigenvalue weighted by molar-refractivity contribution is 1.13. The summed E-state index contributed by atoms with van der Waals surface area (Å²) < 4.78 is 0. The summed E-state index contributed by atoms with van der Waals surface area (Å²) in [5, 5.41) is 0. The SMILES string of the molecule is CN(C)c1ccc(CCl)cc1.Cl. The molecule has 0 aliphatic rings. The molecule has 0 fully saturated rings. The highest BCUT2D eigenvalue weighted by Crippen LogP contribution is 2.12. The fraction of sp³-hybridized carbons (Fsp3) is 0.333. The lowest BCUT2D eigenvalue weighted by Crippen LogP contribution is -2.07. The van der Waals surface area contributed by atoms with Gasteiger partial charge in [0.1, 0.15) is 0 Å². The van der Waals surface area contributed by atoms with E-state index in [2.05, 4.69) is 17.0 Å². The Labute approximate surface area is 84.7 Å². The number of hydrogen-bond acceptors (Lipinski definition) is 1. The van der Waals surface area contributed by atoms with E-state index in [-0.39, 0.29) is 12.4 Å². The number of halogens is 2. The van der Waals surface area contributed by atoms with Crippen LogP contribution in [0.2, 0.25) is 0 Å². The summed E-state index contributed by atoms with van der Waals surface area (Å²) in [6.45, 7) is 0. The van der Waals surface area contributed by atoms with Gasteiger partial charge in [-0.3, -0.25) is 0 Å². The molecule has 1 aromatic rings. The summed E-state index contributed by atoms with van der Waals surface area (Å²) in [7, 11) is 4.05. The molecule has 3 heteroatoms. The normalized spacial score (nSPS) is 8.92. The van der Waals surface area contributed by atoms with Gasteiger partial charge < -0.3 is 4.90 Å². The van der Waals surface area contributed by atoms with Crippen LogP contribution in [-0.2, 0) is 5.88 Å². The molecule has 1 rings (SSSR count). The first-order valence-corrected chi connectivity index (χ1v) is 4.09. The van der Waals surface area contributed by atoms with Crippen molar-refractivity contribution in [1.82, 2.24) is 0 Å². The molecule has 0 bridgehead atoms. The van der Waals surface area contributed by atoms with E-state index in [4.69, 9.17) is 11.6 Å². The summed E-state index contributed by atoms with van der Waals surface area (Å²) in [6, 6.07) is 8.22. The number of nitrogens with zero attached hydrogens (tertiary/aromatic N) is 1. The van der Waals surface area contributed by atoms with Gasteiger partial charge in [-0.15, -0.1) is 24.0 Å². The van der Waals surface area contributed by atoms with Crippen LogP contribution in [0.4, 0.5) is 5.69 Å². The zero-order chi connectivity index (χ0) is 8.27. The molecule has 0 aliphatic carbocycles. The topological polar surface area (TPSA) is 3.24 Å². The Balaban J connectivity index is 0.00000121. The average Bonchev–Trinajstić information content (AvgIpc) is 2.05. The van der Waals surface area contributed by atoms with E-state index in [1.165, 1.54) is 5.69 Å². The average molecular weight is 206 g/mol. The van der Waals surface area contributed by atoms with Crippen molar-refractivity contribution >= 4 is 29.7 Å². The van der Waals surface area contributed by atoms with E-state index in [0.717, 1.165) is 5.56 Å². The van der Waals surface area contributed by atoms with Crippen LogP contribution in [-0.4, -0.2) is 14.1 Å². The molecule has 0 N–H and O–H groups in total. The van der Waals surface area contributed by atoms with Crippen molar-refractivity contribution in [2.75, 3.05) is 19.0 Å². The molecule has 0 aliphatic heterocycles. The molecule has 68 valence electrons. The predicted octanol–water partition coefficient (Wildman–Crippen LogP) is 2.91. The molecule has 0 amide bonds. The summed E-state index contributed by atoms with van der Waals surface area (Å²) >= 11 is 5.65. The second-order valence-electron chi connectivity index (χ2n) is 2.69. The molecular weight excluding hydrogens is 193 g/mol. The van der Waals surface area contributed by atoms with Crippen molar-refractivity contribution in [3.05, 3.63) is 29.8 Å². The van der Waals surface area contributed by atoms with Gasteiger partial charge in [0.2, 0.25) is 0 Å². The number of alkyl halides is 1. The fourth-order valence-corrected chi connectivity index (χ4v) is 1.06. The van der Waals surface area contributed by atoms with E-state index in [1.807, 2.05) is 26.2 Å². The van der Waals surface area contributed by atoms with Gasteiger partial charge in [0, 0.05) is 25.7 Å². The van der Waals surface area contributed by atoms with Crippen molar-refractivity contribution in [3.8, 4) is 0 Å². The maximum absolute atomic E-state index is 5.65. The third kappa shape index (κ3) is 2.92. The van der Waals surface area contributed by atoms with Crippen LogP contribution in [0, 0.1) is 0 Å². The molecule has 0 atom stereocenters. The summed E-state index contributed by atoms with van der Waals surface area (Å²) in [6.07, 6.45) is 0. The highest BCUT2D eigenvalue weighted by Gasteiger charge is 1.93. The Bertz CT molecular complexity index is 218. The first-order valence-electron chi connectivity index (χ1n) is 3.56. The van der Waals surface area contributed by atoms with E-state index >= 15 is 0 Å². The van der Waals surface area contributed by atoms with Crippen molar-refractivity contribution < 1.29 is 0 Å². The Hall–Kier alpha value is -0.400. The molecule has 0 saturated heterocycles. The molecule has 1 nitrogen and oxygen atoms in total. The van der Waals surface area contributed by atoms with Crippen molar-refractivity contribution in [2.45, 2.75) is 5.88 Å². The van der Waals surface area contributed by atoms with Gasteiger partial charge >= 0.3 is 0 Å². The second kappa shape index (κ2) is 5.28. The predicted molar refractivity (Wildman–Crippen MR) is 57.6 cm³/mol. The third-order valence-corrected chi connectivity index (χ3v) is 1.92.